The molecule has 2 aromatic carbocycles. The van der Waals surface area contributed by atoms with E-state index >= 15 is 0 Å². The summed E-state index contributed by atoms with van der Waals surface area (Å²) in [6.07, 6.45) is 1.02. The van der Waals surface area contributed by atoms with Gasteiger partial charge in [0.2, 0.25) is 5.91 Å². The minimum atomic E-state index is -0.294. The normalized spacial score (nSPS) is 10.8. The van der Waals surface area contributed by atoms with Crippen LogP contribution in [0.1, 0.15) is 17.5 Å². The second-order valence-electron chi connectivity index (χ2n) is 5.90. The smallest absolute Gasteiger partial charge is 0.251 e. The van der Waals surface area contributed by atoms with Crippen molar-refractivity contribution in [2.75, 3.05) is 6.54 Å². The minimum absolute atomic E-state index is 0.140. The van der Waals surface area contributed by atoms with Crippen LogP contribution in [-0.2, 0) is 17.6 Å². The van der Waals surface area contributed by atoms with Crippen LogP contribution in [0.25, 0.3) is 10.9 Å². The van der Waals surface area contributed by atoms with Crippen molar-refractivity contribution in [2.24, 2.45) is 0 Å². The predicted molar refractivity (Wildman–Crippen MR) is 96.0 cm³/mol. The molecule has 0 aliphatic carbocycles. The molecule has 0 saturated carbocycles. The summed E-state index contributed by atoms with van der Waals surface area (Å²) < 4.78 is 13.5. The molecule has 0 radical (unpaired) electrons. The molecular weight excluding hydrogens is 319 g/mol. The van der Waals surface area contributed by atoms with E-state index in [2.05, 4.69) is 10.3 Å². The van der Waals surface area contributed by atoms with Gasteiger partial charge in [-0.05, 0) is 42.0 Å². The molecule has 2 N–H and O–H groups in total. The fourth-order valence-electron chi connectivity index (χ4n) is 2.75. The number of aromatic amines is 1. The molecule has 3 rings (SSSR count). The maximum atomic E-state index is 13.5. The van der Waals surface area contributed by atoms with Gasteiger partial charge in [-0.25, -0.2) is 4.39 Å². The zero-order chi connectivity index (χ0) is 17.6. The molecule has 0 unspecified atom stereocenters. The van der Waals surface area contributed by atoms with Gasteiger partial charge < -0.3 is 10.3 Å². The highest BCUT2D eigenvalue weighted by Gasteiger charge is 2.07. The Kier molecular flexibility index (Phi) is 5.23. The Labute approximate surface area is 144 Å². The van der Waals surface area contributed by atoms with E-state index in [0.717, 1.165) is 10.9 Å². The molecular formula is C20H19FN2O2. The Balaban J connectivity index is 1.52. The number of rotatable bonds is 6. The number of hydrogen-bond donors (Lipinski definition) is 2. The number of H-pyrrole nitrogens is 1. The van der Waals surface area contributed by atoms with E-state index < -0.39 is 0 Å². The summed E-state index contributed by atoms with van der Waals surface area (Å²) in [5.74, 6) is -0.446. The molecule has 0 aliphatic rings. The van der Waals surface area contributed by atoms with Gasteiger partial charge in [0, 0.05) is 24.0 Å². The quantitative estimate of drug-likeness (QED) is 0.726. The number of halogens is 1. The number of pyridine rings is 1. The zero-order valence-corrected chi connectivity index (χ0v) is 13.7. The monoisotopic (exact) mass is 338 g/mol. The van der Waals surface area contributed by atoms with Gasteiger partial charge in [0.15, 0.2) is 0 Å². The Hall–Kier alpha value is -2.95. The van der Waals surface area contributed by atoms with Crippen LogP contribution in [0.15, 0.2) is 59.4 Å². The molecule has 0 fully saturated rings. The SMILES string of the molecule is O=C(CCc1ccccc1F)NCCc1cc2ccccc2[nH]c1=O. The molecule has 1 amide bonds. The maximum absolute atomic E-state index is 13.5. The average molecular weight is 338 g/mol. The molecule has 0 spiro atoms. The van der Waals surface area contributed by atoms with Crippen LogP contribution in [0.3, 0.4) is 0 Å². The lowest BCUT2D eigenvalue weighted by Gasteiger charge is -2.07. The molecule has 0 atom stereocenters. The first-order chi connectivity index (χ1) is 12.1. The standard InChI is InChI=1S/C20H19FN2O2/c21-17-7-3-1-5-14(17)9-10-19(24)22-12-11-16-13-15-6-2-4-8-18(15)23-20(16)25/h1-8,13H,9-12H2,(H,22,24)(H,23,25). The average Bonchev–Trinajstić information content (AvgIpc) is 2.61. The van der Waals surface area contributed by atoms with Crippen LogP contribution in [0.5, 0.6) is 0 Å². The summed E-state index contributed by atoms with van der Waals surface area (Å²) in [5.41, 5.74) is 1.82. The first-order valence-corrected chi connectivity index (χ1v) is 8.24. The Morgan fingerprint density at radius 3 is 2.60 bits per heavy atom. The topological polar surface area (TPSA) is 62.0 Å². The summed E-state index contributed by atoms with van der Waals surface area (Å²) in [6, 6.07) is 15.9. The molecule has 0 aliphatic heterocycles. The van der Waals surface area contributed by atoms with Crippen molar-refractivity contribution in [3.05, 3.63) is 81.9 Å². The van der Waals surface area contributed by atoms with Crippen LogP contribution in [-0.4, -0.2) is 17.4 Å². The van der Waals surface area contributed by atoms with Crippen LogP contribution in [0, 0.1) is 5.82 Å². The summed E-state index contributed by atoms with van der Waals surface area (Å²) in [5, 5.41) is 3.74. The molecule has 0 bridgehead atoms. The van der Waals surface area contributed by atoms with Crippen molar-refractivity contribution in [1.82, 2.24) is 10.3 Å². The number of para-hydroxylation sites is 1. The van der Waals surface area contributed by atoms with Gasteiger partial charge in [0.1, 0.15) is 5.82 Å². The van der Waals surface area contributed by atoms with Gasteiger partial charge in [-0.2, -0.15) is 0 Å². The van der Waals surface area contributed by atoms with Crippen LogP contribution in [0.4, 0.5) is 4.39 Å². The van der Waals surface area contributed by atoms with Crippen LogP contribution < -0.4 is 10.9 Å². The summed E-state index contributed by atoms with van der Waals surface area (Å²) in [6.45, 7) is 0.373. The lowest BCUT2D eigenvalue weighted by molar-refractivity contribution is -0.121. The van der Waals surface area contributed by atoms with Gasteiger partial charge >= 0.3 is 0 Å². The minimum Gasteiger partial charge on any atom is -0.356 e. The highest BCUT2D eigenvalue weighted by Crippen LogP contribution is 2.10. The second-order valence-corrected chi connectivity index (χ2v) is 5.90. The van der Waals surface area contributed by atoms with Crippen molar-refractivity contribution in [2.45, 2.75) is 19.3 Å². The first kappa shape index (κ1) is 16.9. The van der Waals surface area contributed by atoms with E-state index in [4.69, 9.17) is 0 Å². The number of aryl methyl sites for hydroxylation is 1. The Morgan fingerprint density at radius 1 is 1.00 bits per heavy atom. The van der Waals surface area contributed by atoms with Gasteiger partial charge in [0.05, 0.1) is 0 Å². The molecule has 1 heterocycles. The first-order valence-electron chi connectivity index (χ1n) is 8.24. The van der Waals surface area contributed by atoms with Crippen LogP contribution in [0.2, 0.25) is 0 Å². The van der Waals surface area contributed by atoms with Gasteiger partial charge in [-0.1, -0.05) is 36.4 Å². The summed E-state index contributed by atoms with van der Waals surface area (Å²) >= 11 is 0. The number of aromatic nitrogens is 1. The third-order valence-electron chi connectivity index (χ3n) is 4.13. The fraction of sp³-hybridized carbons (Fsp3) is 0.200. The molecule has 3 aromatic rings. The number of nitrogens with one attached hydrogen (secondary N) is 2. The second kappa shape index (κ2) is 7.75. The Bertz CT molecular complexity index is 950. The van der Waals surface area contributed by atoms with Gasteiger partial charge in [0.25, 0.3) is 5.56 Å². The predicted octanol–water partition coefficient (Wildman–Crippen LogP) is 2.96. The number of amides is 1. The maximum Gasteiger partial charge on any atom is 0.251 e. The molecule has 25 heavy (non-hydrogen) atoms. The molecule has 5 heteroatoms. The van der Waals surface area contributed by atoms with E-state index in [1.165, 1.54) is 6.07 Å². The fourth-order valence-corrected chi connectivity index (χ4v) is 2.75. The van der Waals surface area contributed by atoms with E-state index in [9.17, 15) is 14.0 Å². The van der Waals surface area contributed by atoms with E-state index in [1.807, 2.05) is 30.3 Å². The number of benzene rings is 2. The summed E-state index contributed by atoms with van der Waals surface area (Å²) in [4.78, 5) is 26.8. The van der Waals surface area contributed by atoms with E-state index in [0.29, 0.717) is 30.5 Å². The molecule has 4 nitrogen and oxygen atoms in total. The highest BCUT2D eigenvalue weighted by atomic mass is 19.1. The Morgan fingerprint density at radius 2 is 1.76 bits per heavy atom. The molecule has 128 valence electrons. The number of fused-ring (bicyclic) bond motifs is 1. The molecule has 0 saturated heterocycles. The van der Waals surface area contributed by atoms with Crippen molar-refractivity contribution in [1.29, 1.82) is 0 Å². The molecule has 1 aromatic heterocycles. The highest BCUT2D eigenvalue weighted by molar-refractivity contribution is 5.79. The lowest BCUT2D eigenvalue weighted by Crippen LogP contribution is -2.27. The van der Waals surface area contributed by atoms with E-state index in [-0.39, 0.29) is 23.7 Å². The zero-order valence-electron chi connectivity index (χ0n) is 13.7. The third-order valence-corrected chi connectivity index (χ3v) is 4.13. The van der Waals surface area contributed by atoms with Crippen molar-refractivity contribution >= 4 is 16.8 Å². The van der Waals surface area contributed by atoms with Crippen molar-refractivity contribution < 1.29 is 9.18 Å². The van der Waals surface area contributed by atoms with Gasteiger partial charge in [-0.3, -0.25) is 9.59 Å². The lowest BCUT2D eigenvalue weighted by atomic mass is 10.1. The number of carbonyl (C=O) groups excluding carboxylic acids is 1. The van der Waals surface area contributed by atoms with Crippen LogP contribution >= 0.6 is 0 Å². The summed E-state index contributed by atoms with van der Waals surface area (Å²) in [7, 11) is 0. The van der Waals surface area contributed by atoms with Crippen molar-refractivity contribution in [3.63, 3.8) is 0 Å². The van der Waals surface area contributed by atoms with Gasteiger partial charge in [-0.15, -0.1) is 0 Å². The third kappa shape index (κ3) is 4.32. The van der Waals surface area contributed by atoms with E-state index in [1.54, 1.807) is 18.2 Å². The van der Waals surface area contributed by atoms with Crippen molar-refractivity contribution in [3.8, 4) is 0 Å². The largest absolute Gasteiger partial charge is 0.356 e. The number of carbonyl (C=O) groups is 1. The number of hydrogen-bond acceptors (Lipinski definition) is 2.